The van der Waals surface area contributed by atoms with Gasteiger partial charge in [-0.2, -0.15) is 0 Å². The van der Waals surface area contributed by atoms with Crippen molar-refractivity contribution in [3.63, 3.8) is 0 Å². The fourth-order valence-electron chi connectivity index (χ4n) is 3.22. The van der Waals surface area contributed by atoms with Crippen molar-refractivity contribution in [1.29, 1.82) is 0 Å². The molecule has 0 saturated heterocycles. The molecule has 1 fully saturated rings. The zero-order valence-electron chi connectivity index (χ0n) is 14.5. The second-order valence-electron chi connectivity index (χ2n) is 6.66. The van der Waals surface area contributed by atoms with E-state index < -0.39 is 0 Å². The van der Waals surface area contributed by atoms with Gasteiger partial charge in [0, 0.05) is 44.9 Å². The van der Waals surface area contributed by atoms with E-state index in [1.807, 2.05) is 6.07 Å². The summed E-state index contributed by atoms with van der Waals surface area (Å²) < 4.78 is 1.68. The highest BCUT2D eigenvalue weighted by molar-refractivity contribution is 5.73. The SMILES string of the molecule is CN(CC1CCCCC1O)C(=O)NCCCCn1ccccc1=O. The molecule has 1 aromatic heterocycles. The Kier molecular flexibility index (Phi) is 7.31. The summed E-state index contributed by atoms with van der Waals surface area (Å²) in [6.07, 6.45) is 7.22. The van der Waals surface area contributed by atoms with Gasteiger partial charge in [-0.25, -0.2) is 4.79 Å². The standard InChI is InChI=1S/C18H29N3O3/c1-20(14-15-8-2-3-9-16(15)22)18(24)19-11-5-7-13-21-12-6-4-10-17(21)23/h4,6,10,12,15-16,22H,2-3,5,7-9,11,13-14H2,1H3,(H,19,24). The molecule has 1 saturated carbocycles. The third kappa shape index (κ3) is 5.67. The van der Waals surface area contributed by atoms with E-state index in [0.717, 1.165) is 38.5 Å². The third-order valence-corrected chi connectivity index (χ3v) is 4.73. The van der Waals surface area contributed by atoms with E-state index >= 15 is 0 Å². The van der Waals surface area contributed by atoms with Gasteiger partial charge in [0.25, 0.3) is 0 Å². The van der Waals surface area contributed by atoms with Gasteiger partial charge in [-0.05, 0) is 31.7 Å². The topological polar surface area (TPSA) is 74.6 Å². The van der Waals surface area contributed by atoms with Crippen molar-refractivity contribution in [2.24, 2.45) is 5.92 Å². The number of nitrogens with one attached hydrogen (secondary N) is 1. The Bertz CT molecular complexity index is 573. The number of unbranched alkanes of at least 4 members (excludes halogenated alkanes) is 1. The van der Waals surface area contributed by atoms with Crippen LogP contribution < -0.4 is 10.9 Å². The van der Waals surface area contributed by atoms with Crippen LogP contribution in [0.15, 0.2) is 29.2 Å². The number of pyridine rings is 1. The van der Waals surface area contributed by atoms with Gasteiger partial charge in [-0.3, -0.25) is 4.79 Å². The second-order valence-corrected chi connectivity index (χ2v) is 6.66. The van der Waals surface area contributed by atoms with Gasteiger partial charge in [0.2, 0.25) is 5.56 Å². The molecule has 1 heterocycles. The maximum Gasteiger partial charge on any atom is 0.317 e. The van der Waals surface area contributed by atoms with Gasteiger partial charge in [-0.1, -0.05) is 18.9 Å². The normalized spacial score (nSPS) is 20.6. The molecule has 1 aromatic rings. The van der Waals surface area contributed by atoms with Crippen LogP contribution in [0.25, 0.3) is 0 Å². The zero-order valence-corrected chi connectivity index (χ0v) is 14.5. The van der Waals surface area contributed by atoms with Crippen LogP contribution in [0.1, 0.15) is 38.5 Å². The van der Waals surface area contributed by atoms with Gasteiger partial charge in [0.1, 0.15) is 0 Å². The summed E-state index contributed by atoms with van der Waals surface area (Å²) >= 11 is 0. The minimum atomic E-state index is -0.279. The highest BCUT2D eigenvalue weighted by atomic mass is 16.3. The van der Waals surface area contributed by atoms with Crippen LogP contribution in [0, 0.1) is 5.92 Å². The number of rotatable bonds is 7. The number of aliphatic hydroxyl groups is 1. The van der Waals surface area contributed by atoms with E-state index in [0.29, 0.717) is 19.6 Å². The van der Waals surface area contributed by atoms with Crippen LogP contribution in [0.2, 0.25) is 0 Å². The highest BCUT2D eigenvalue weighted by Gasteiger charge is 2.25. The molecule has 1 aliphatic rings. The summed E-state index contributed by atoms with van der Waals surface area (Å²) in [4.78, 5) is 25.3. The second kappa shape index (κ2) is 9.47. The first kappa shape index (κ1) is 18.5. The minimum Gasteiger partial charge on any atom is -0.393 e. The predicted octanol–water partition coefficient (Wildman–Crippen LogP) is 1.82. The van der Waals surface area contributed by atoms with Crippen molar-refractivity contribution < 1.29 is 9.90 Å². The lowest BCUT2D eigenvalue weighted by atomic mass is 9.86. The first-order valence-corrected chi connectivity index (χ1v) is 8.90. The van der Waals surface area contributed by atoms with Crippen LogP contribution in [0.5, 0.6) is 0 Å². The molecule has 2 amide bonds. The molecule has 1 aliphatic carbocycles. The van der Waals surface area contributed by atoms with Crippen molar-refractivity contribution >= 4 is 6.03 Å². The van der Waals surface area contributed by atoms with Crippen LogP contribution in [-0.4, -0.2) is 46.8 Å². The van der Waals surface area contributed by atoms with E-state index in [9.17, 15) is 14.7 Å². The molecule has 2 rings (SSSR count). The van der Waals surface area contributed by atoms with Crippen molar-refractivity contribution in [2.75, 3.05) is 20.1 Å². The molecule has 2 unspecified atom stereocenters. The molecule has 134 valence electrons. The molecule has 2 N–H and O–H groups in total. The Morgan fingerprint density at radius 3 is 2.88 bits per heavy atom. The number of aryl methyl sites for hydroxylation is 1. The number of nitrogens with zero attached hydrogens (tertiary/aromatic N) is 2. The predicted molar refractivity (Wildman–Crippen MR) is 93.9 cm³/mol. The van der Waals surface area contributed by atoms with Crippen molar-refractivity contribution in [3.8, 4) is 0 Å². The minimum absolute atomic E-state index is 0.00677. The van der Waals surface area contributed by atoms with Gasteiger partial charge < -0.3 is 19.9 Å². The zero-order chi connectivity index (χ0) is 17.4. The van der Waals surface area contributed by atoms with Gasteiger partial charge >= 0.3 is 6.03 Å². The molecule has 0 aliphatic heterocycles. The van der Waals surface area contributed by atoms with Crippen LogP contribution in [-0.2, 0) is 6.54 Å². The lowest BCUT2D eigenvalue weighted by Gasteiger charge is -2.31. The average molecular weight is 335 g/mol. The van der Waals surface area contributed by atoms with Gasteiger partial charge in [0.15, 0.2) is 0 Å². The Balaban J connectivity index is 1.62. The van der Waals surface area contributed by atoms with E-state index in [4.69, 9.17) is 0 Å². The summed E-state index contributed by atoms with van der Waals surface area (Å²) in [5.41, 5.74) is 0.00677. The van der Waals surface area contributed by atoms with Crippen LogP contribution >= 0.6 is 0 Å². The Hall–Kier alpha value is -1.82. The number of amides is 2. The van der Waals surface area contributed by atoms with Crippen molar-refractivity contribution in [1.82, 2.24) is 14.8 Å². The Morgan fingerprint density at radius 1 is 1.33 bits per heavy atom. The summed E-state index contributed by atoms with van der Waals surface area (Å²) in [7, 11) is 1.78. The maximum absolute atomic E-state index is 12.1. The Labute approximate surface area is 143 Å². The smallest absolute Gasteiger partial charge is 0.317 e. The lowest BCUT2D eigenvalue weighted by Crippen LogP contribution is -2.43. The lowest BCUT2D eigenvalue weighted by molar-refractivity contribution is 0.0565. The number of carbonyl (C=O) groups is 1. The van der Waals surface area contributed by atoms with Gasteiger partial charge in [0.05, 0.1) is 6.10 Å². The number of urea groups is 1. The first-order chi connectivity index (χ1) is 11.6. The Morgan fingerprint density at radius 2 is 2.12 bits per heavy atom. The van der Waals surface area contributed by atoms with Crippen LogP contribution in [0.4, 0.5) is 4.79 Å². The molecule has 0 bridgehead atoms. The number of hydrogen-bond donors (Lipinski definition) is 2. The molecule has 0 spiro atoms. The summed E-state index contributed by atoms with van der Waals surface area (Å²) in [5.74, 6) is 0.194. The highest BCUT2D eigenvalue weighted by Crippen LogP contribution is 2.24. The van der Waals surface area contributed by atoms with E-state index in [-0.39, 0.29) is 23.6 Å². The van der Waals surface area contributed by atoms with Crippen molar-refractivity contribution in [3.05, 3.63) is 34.7 Å². The largest absolute Gasteiger partial charge is 0.393 e. The number of carbonyl (C=O) groups excluding carboxylic acids is 1. The number of aromatic nitrogens is 1. The molecule has 0 radical (unpaired) electrons. The van der Waals surface area contributed by atoms with E-state index in [2.05, 4.69) is 5.32 Å². The van der Waals surface area contributed by atoms with Crippen LogP contribution in [0.3, 0.4) is 0 Å². The molecule has 0 aromatic carbocycles. The monoisotopic (exact) mass is 335 g/mol. The fourth-order valence-corrected chi connectivity index (χ4v) is 3.22. The number of hydrogen-bond acceptors (Lipinski definition) is 3. The summed E-state index contributed by atoms with van der Waals surface area (Å²) in [6, 6.07) is 5.04. The summed E-state index contributed by atoms with van der Waals surface area (Å²) in [5, 5.41) is 12.9. The quantitative estimate of drug-likeness (QED) is 0.747. The number of aliphatic hydroxyl groups excluding tert-OH is 1. The average Bonchev–Trinajstić information content (AvgIpc) is 2.58. The molecule has 6 nitrogen and oxygen atoms in total. The fraction of sp³-hybridized carbons (Fsp3) is 0.667. The first-order valence-electron chi connectivity index (χ1n) is 8.90. The van der Waals surface area contributed by atoms with Gasteiger partial charge in [-0.15, -0.1) is 0 Å². The molecule has 6 heteroatoms. The van der Waals surface area contributed by atoms with Crippen molar-refractivity contribution in [2.45, 2.75) is 51.2 Å². The summed E-state index contributed by atoms with van der Waals surface area (Å²) in [6.45, 7) is 1.87. The molecule has 2 atom stereocenters. The van der Waals surface area contributed by atoms with E-state index in [1.165, 1.54) is 0 Å². The third-order valence-electron chi connectivity index (χ3n) is 4.73. The molecule has 24 heavy (non-hydrogen) atoms. The molecular formula is C18H29N3O3. The molecular weight excluding hydrogens is 306 g/mol. The maximum atomic E-state index is 12.1. The van der Waals surface area contributed by atoms with E-state index in [1.54, 1.807) is 34.8 Å².